The van der Waals surface area contributed by atoms with Crippen LogP contribution in [0.2, 0.25) is 0 Å². The lowest BCUT2D eigenvalue weighted by molar-refractivity contribution is -0.115. The number of rotatable bonds is 7. The van der Waals surface area contributed by atoms with Gasteiger partial charge in [0, 0.05) is 18.3 Å². The number of primary amides is 1. The third-order valence-corrected chi connectivity index (χ3v) is 4.00. The Balaban J connectivity index is 1.74. The van der Waals surface area contributed by atoms with Crippen molar-refractivity contribution in [2.24, 2.45) is 5.73 Å². The van der Waals surface area contributed by atoms with E-state index in [1.807, 2.05) is 42.5 Å². The van der Waals surface area contributed by atoms with Gasteiger partial charge in [0.15, 0.2) is 0 Å². The van der Waals surface area contributed by atoms with Crippen LogP contribution in [0.5, 0.6) is 11.5 Å². The van der Waals surface area contributed by atoms with E-state index < -0.39 is 5.91 Å². The predicted octanol–water partition coefficient (Wildman–Crippen LogP) is 2.58. The predicted molar refractivity (Wildman–Crippen MR) is 109 cm³/mol. The lowest BCUT2D eigenvalue weighted by atomic mass is 10.1. The fourth-order valence-electron chi connectivity index (χ4n) is 2.68. The summed E-state index contributed by atoms with van der Waals surface area (Å²) in [5, 5.41) is 7.10. The summed E-state index contributed by atoms with van der Waals surface area (Å²) < 4.78 is 7.35. The summed E-state index contributed by atoms with van der Waals surface area (Å²) >= 11 is 0. The van der Waals surface area contributed by atoms with Gasteiger partial charge in [-0.05, 0) is 49.2 Å². The fourth-order valence-corrected chi connectivity index (χ4v) is 2.68. The van der Waals surface area contributed by atoms with Crippen molar-refractivity contribution in [3.05, 3.63) is 66.4 Å². The van der Waals surface area contributed by atoms with Crippen LogP contribution in [0.3, 0.4) is 0 Å². The average molecular weight is 388 g/mol. The molecule has 0 bridgehead atoms. The highest BCUT2D eigenvalue weighted by Crippen LogP contribution is 2.27. The van der Waals surface area contributed by atoms with Crippen molar-refractivity contribution >= 4 is 11.8 Å². The Morgan fingerprint density at radius 3 is 2.45 bits per heavy atom. The van der Waals surface area contributed by atoms with Crippen LogP contribution in [0, 0.1) is 11.8 Å². The third kappa shape index (κ3) is 5.23. The van der Waals surface area contributed by atoms with Gasteiger partial charge in [-0.1, -0.05) is 24.1 Å². The Morgan fingerprint density at radius 1 is 1.10 bits per heavy atom. The van der Waals surface area contributed by atoms with Crippen molar-refractivity contribution in [2.45, 2.75) is 13.5 Å². The summed E-state index contributed by atoms with van der Waals surface area (Å²) in [5.74, 6) is 5.40. The molecule has 1 aromatic heterocycles. The van der Waals surface area contributed by atoms with Crippen LogP contribution in [0.4, 0.5) is 0 Å². The average Bonchev–Trinajstić information content (AvgIpc) is 3.14. The summed E-state index contributed by atoms with van der Waals surface area (Å²) in [4.78, 5) is 23.2. The summed E-state index contributed by atoms with van der Waals surface area (Å²) in [6.07, 6.45) is 1.57. The van der Waals surface area contributed by atoms with E-state index in [1.54, 1.807) is 29.9 Å². The summed E-state index contributed by atoms with van der Waals surface area (Å²) in [7, 11) is 0. The molecule has 1 heterocycles. The zero-order chi connectivity index (χ0) is 20.6. The zero-order valence-corrected chi connectivity index (χ0v) is 15.9. The molecule has 0 spiro atoms. The number of carbonyl (C=O) groups is 2. The van der Waals surface area contributed by atoms with E-state index in [0.717, 1.165) is 11.3 Å². The second-order valence-corrected chi connectivity index (χ2v) is 6.09. The number of aromatic nitrogens is 2. The molecule has 2 amide bonds. The van der Waals surface area contributed by atoms with Crippen LogP contribution in [0.25, 0.3) is 11.3 Å². The van der Waals surface area contributed by atoms with E-state index in [9.17, 15) is 9.59 Å². The van der Waals surface area contributed by atoms with Crippen molar-refractivity contribution in [3.63, 3.8) is 0 Å². The van der Waals surface area contributed by atoms with Gasteiger partial charge in [-0.15, -0.1) is 0 Å². The highest BCUT2D eigenvalue weighted by molar-refractivity contribution is 5.98. The van der Waals surface area contributed by atoms with Crippen molar-refractivity contribution < 1.29 is 14.3 Å². The van der Waals surface area contributed by atoms with E-state index in [2.05, 4.69) is 22.3 Å². The number of benzene rings is 2. The van der Waals surface area contributed by atoms with Gasteiger partial charge >= 0.3 is 0 Å². The Bertz CT molecular complexity index is 1060. The first-order valence-corrected chi connectivity index (χ1v) is 8.98. The molecule has 0 aliphatic carbocycles. The SMILES string of the molecule is CC#CC(=O)NCCn1cc(C(N)=O)c(-c2ccc(Oc3ccccc3)cc2)n1. The minimum absolute atomic E-state index is 0.307. The maximum absolute atomic E-state index is 11.8. The van der Waals surface area contributed by atoms with Gasteiger partial charge in [-0.2, -0.15) is 5.10 Å². The molecule has 0 saturated heterocycles. The Labute approximate surface area is 168 Å². The topological polar surface area (TPSA) is 99.2 Å². The molecule has 0 fully saturated rings. The van der Waals surface area contributed by atoms with Crippen LogP contribution in [0.1, 0.15) is 17.3 Å². The van der Waals surface area contributed by atoms with Gasteiger partial charge in [-0.3, -0.25) is 14.3 Å². The van der Waals surface area contributed by atoms with E-state index >= 15 is 0 Å². The molecule has 0 radical (unpaired) electrons. The number of amides is 2. The molecule has 3 aromatic rings. The molecule has 3 rings (SSSR count). The van der Waals surface area contributed by atoms with Crippen molar-refractivity contribution in [3.8, 4) is 34.6 Å². The number of carbonyl (C=O) groups excluding carboxylic acids is 2. The van der Waals surface area contributed by atoms with E-state index in [0.29, 0.717) is 30.1 Å². The Hall–Kier alpha value is -4.05. The summed E-state index contributed by atoms with van der Waals surface area (Å²) in [6, 6.07) is 16.7. The maximum Gasteiger partial charge on any atom is 0.295 e. The van der Waals surface area contributed by atoms with Crippen LogP contribution < -0.4 is 15.8 Å². The molecular weight excluding hydrogens is 368 g/mol. The second-order valence-electron chi connectivity index (χ2n) is 6.09. The summed E-state index contributed by atoms with van der Waals surface area (Å²) in [6.45, 7) is 2.30. The van der Waals surface area contributed by atoms with E-state index in [-0.39, 0.29) is 5.91 Å². The normalized spacial score (nSPS) is 9.97. The lowest BCUT2D eigenvalue weighted by Crippen LogP contribution is -2.25. The molecule has 3 N–H and O–H groups in total. The van der Waals surface area contributed by atoms with Gasteiger partial charge in [0.25, 0.3) is 11.8 Å². The quantitative estimate of drug-likeness (QED) is 0.608. The molecule has 0 unspecified atom stereocenters. The van der Waals surface area contributed by atoms with Crippen LogP contribution in [0.15, 0.2) is 60.8 Å². The van der Waals surface area contributed by atoms with Gasteiger partial charge < -0.3 is 15.8 Å². The molecule has 0 aliphatic rings. The minimum Gasteiger partial charge on any atom is -0.457 e. The second kappa shape index (κ2) is 9.24. The zero-order valence-electron chi connectivity index (χ0n) is 15.9. The molecule has 146 valence electrons. The number of hydrogen-bond acceptors (Lipinski definition) is 4. The maximum atomic E-state index is 11.8. The first-order valence-electron chi connectivity index (χ1n) is 8.98. The number of para-hydroxylation sites is 1. The van der Waals surface area contributed by atoms with Gasteiger partial charge in [0.2, 0.25) is 0 Å². The molecule has 7 heteroatoms. The lowest BCUT2D eigenvalue weighted by Gasteiger charge is -2.06. The molecular formula is C22H20N4O3. The van der Waals surface area contributed by atoms with Gasteiger partial charge in [-0.25, -0.2) is 0 Å². The number of nitrogens with one attached hydrogen (secondary N) is 1. The van der Waals surface area contributed by atoms with Crippen molar-refractivity contribution in [2.75, 3.05) is 6.54 Å². The smallest absolute Gasteiger partial charge is 0.295 e. The Morgan fingerprint density at radius 2 is 1.79 bits per heavy atom. The molecule has 2 aromatic carbocycles. The van der Waals surface area contributed by atoms with Crippen molar-refractivity contribution in [1.29, 1.82) is 0 Å². The highest BCUT2D eigenvalue weighted by Gasteiger charge is 2.16. The fraction of sp³-hybridized carbons (Fsp3) is 0.136. The molecule has 29 heavy (non-hydrogen) atoms. The Kier molecular flexibility index (Phi) is 6.28. The van der Waals surface area contributed by atoms with Crippen LogP contribution in [-0.2, 0) is 11.3 Å². The van der Waals surface area contributed by atoms with E-state index in [1.165, 1.54) is 0 Å². The first-order chi connectivity index (χ1) is 14.1. The largest absolute Gasteiger partial charge is 0.457 e. The molecule has 0 aliphatic heterocycles. The molecule has 7 nitrogen and oxygen atoms in total. The number of nitrogens with zero attached hydrogens (tertiary/aromatic N) is 2. The third-order valence-electron chi connectivity index (χ3n) is 4.00. The first kappa shape index (κ1) is 19.7. The molecule has 0 atom stereocenters. The van der Waals surface area contributed by atoms with Crippen molar-refractivity contribution in [1.82, 2.24) is 15.1 Å². The number of hydrogen-bond donors (Lipinski definition) is 2. The molecule has 0 saturated carbocycles. The standard InChI is InChI=1S/C22H20N4O3/c1-2-6-20(27)24-13-14-26-15-19(22(23)28)21(25-26)16-9-11-18(12-10-16)29-17-7-4-3-5-8-17/h3-5,7-12,15H,13-14H2,1H3,(H2,23,28)(H,24,27). The summed E-state index contributed by atoms with van der Waals surface area (Å²) in [5.41, 5.74) is 7.03. The van der Waals surface area contributed by atoms with Crippen LogP contribution >= 0.6 is 0 Å². The number of nitrogens with two attached hydrogens (primary N) is 1. The van der Waals surface area contributed by atoms with Gasteiger partial charge in [0.05, 0.1) is 12.1 Å². The van der Waals surface area contributed by atoms with Gasteiger partial charge in [0.1, 0.15) is 17.2 Å². The van der Waals surface area contributed by atoms with E-state index in [4.69, 9.17) is 10.5 Å². The monoisotopic (exact) mass is 388 g/mol. The number of ether oxygens (including phenoxy) is 1. The minimum atomic E-state index is -0.572. The highest BCUT2D eigenvalue weighted by atomic mass is 16.5. The van der Waals surface area contributed by atoms with Crippen LogP contribution in [-0.4, -0.2) is 28.1 Å².